The van der Waals surface area contributed by atoms with Crippen LogP contribution in [0.1, 0.15) is 18.1 Å². The molecule has 0 aromatic heterocycles. The van der Waals surface area contributed by atoms with Crippen LogP contribution in [0.2, 0.25) is 0 Å². The number of benzene rings is 2. The monoisotopic (exact) mass is 319 g/mol. The summed E-state index contributed by atoms with van der Waals surface area (Å²) in [5.74, 6) is 0.789. The van der Waals surface area contributed by atoms with Crippen LogP contribution in [0.4, 0.5) is 0 Å². The van der Waals surface area contributed by atoms with Crippen molar-refractivity contribution < 1.29 is 9.94 Å². The van der Waals surface area contributed by atoms with Crippen molar-refractivity contribution in [3.05, 3.63) is 64.1 Å². The van der Waals surface area contributed by atoms with Gasteiger partial charge in [0.15, 0.2) is 0 Å². The first-order valence-corrected chi connectivity index (χ1v) is 6.64. The molecule has 2 rings (SSSR count). The number of oxime groups is 1. The van der Waals surface area contributed by atoms with Gasteiger partial charge in [0.2, 0.25) is 0 Å². The zero-order valence-corrected chi connectivity index (χ0v) is 12.1. The van der Waals surface area contributed by atoms with E-state index >= 15 is 0 Å². The highest BCUT2D eigenvalue weighted by Crippen LogP contribution is 2.16. The van der Waals surface area contributed by atoms with Crippen molar-refractivity contribution in [2.75, 3.05) is 0 Å². The first kappa shape index (κ1) is 13.6. The minimum Gasteiger partial charge on any atom is -0.489 e. The minimum absolute atomic E-state index is 0.527. The van der Waals surface area contributed by atoms with Gasteiger partial charge in [0.05, 0.1) is 5.71 Å². The van der Waals surface area contributed by atoms with Crippen LogP contribution in [0.25, 0.3) is 0 Å². The molecular weight excluding hydrogens is 306 g/mol. The molecule has 0 fully saturated rings. The molecule has 0 aliphatic carbocycles. The smallest absolute Gasteiger partial charge is 0.119 e. The lowest BCUT2D eigenvalue weighted by atomic mass is 10.1. The second-order valence-corrected chi connectivity index (χ2v) is 5.04. The number of halogens is 1. The predicted octanol–water partition coefficient (Wildman–Crippen LogP) is 4.23. The van der Waals surface area contributed by atoms with Gasteiger partial charge in [-0.05, 0) is 54.4 Å². The molecule has 98 valence electrons. The number of nitrogens with zero attached hydrogens (tertiary/aromatic N) is 1. The Morgan fingerprint density at radius 2 is 1.74 bits per heavy atom. The molecule has 0 amide bonds. The van der Waals surface area contributed by atoms with E-state index in [1.54, 1.807) is 6.92 Å². The summed E-state index contributed by atoms with van der Waals surface area (Å²) in [5, 5.41) is 11.8. The number of hydrogen-bond acceptors (Lipinski definition) is 3. The lowest BCUT2D eigenvalue weighted by molar-refractivity contribution is 0.306. The zero-order valence-electron chi connectivity index (χ0n) is 10.5. The molecule has 0 heterocycles. The van der Waals surface area contributed by atoms with E-state index in [-0.39, 0.29) is 0 Å². The Morgan fingerprint density at radius 1 is 1.11 bits per heavy atom. The van der Waals surface area contributed by atoms with Gasteiger partial charge >= 0.3 is 0 Å². The van der Waals surface area contributed by atoms with Gasteiger partial charge in [-0.2, -0.15) is 0 Å². The highest BCUT2D eigenvalue weighted by atomic mass is 79.9. The molecule has 0 saturated heterocycles. The largest absolute Gasteiger partial charge is 0.489 e. The van der Waals surface area contributed by atoms with E-state index in [1.807, 2.05) is 48.5 Å². The van der Waals surface area contributed by atoms with Crippen molar-refractivity contribution in [3.63, 3.8) is 0 Å². The van der Waals surface area contributed by atoms with Gasteiger partial charge in [0.25, 0.3) is 0 Å². The molecule has 4 heteroatoms. The van der Waals surface area contributed by atoms with E-state index in [0.29, 0.717) is 12.3 Å². The Kier molecular flexibility index (Phi) is 4.58. The van der Waals surface area contributed by atoms with E-state index in [4.69, 9.17) is 9.94 Å². The summed E-state index contributed by atoms with van der Waals surface area (Å²) in [6.45, 7) is 2.28. The van der Waals surface area contributed by atoms with Crippen LogP contribution in [0.5, 0.6) is 5.75 Å². The van der Waals surface area contributed by atoms with Crippen molar-refractivity contribution in [3.8, 4) is 5.75 Å². The third-order valence-electron chi connectivity index (χ3n) is 2.74. The fourth-order valence-corrected chi connectivity index (χ4v) is 1.86. The van der Waals surface area contributed by atoms with Crippen LogP contribution < -0.4 is 4.74 Å². The SMILES string of the molecule is C/C(=N\O)c1ccc(OCc2ccc(Br)cc2)cc1. The van der Waals surface area contributed by atoms with Gasteiger partial charge in [-0.15, -0.1) is 0 Å². The zero-order chi connectivity index (χ0) is 13.7. The maximum absolute atomic E-state index is 8.68. The summed E-state index contributed by atoms with van der Waals surface area (Å²) < 4.78 is 6.74. The molecule has 3 nitrogen and oxygen atoms in total. The average molecular weight is 320 g/mol. The van der Waals surface area contributed by atoms with Crippen molar-refractivity contribution in [2.24, 2.45) is 5.16 Å². The first-order chi connectivity index (χ1) is 9.19. The molecule has 0 unspecified atom stereocenters. The van der Waals surface area contributed by atoms with Crippen LogP contribution in [-0.4, -0.2) is 10.9 Å². The second kappa shape index (κ2) is 6.38. The molecule has 19 heavy (non-hydrogen) atoms. The molecule has 2 aromatic carbocycles. The van der Waals surface area contributed by atoms with Crippen molar-refractivity contribution in [1.29, 1.82) is 0 Å². The summed E-state index contributed by atoms with van der Waals surface area (Å²) >= 11 is 3.40. The molecule has 0 spiro atoms. The lowest BCUT2D eigenvalue weighted by Gasteiger charge is -2.07. The number of ether oxygens (including phenoxy) is 1. The van der Waals surface area contributed by atoms with Crippen LogP contribution in [0, 0.1) is 0 Å². The average Bonchev–Trinajstić information content (AvgIpc) is 2.46. The Balaban J connectivity index is 1.98. The van der Waals surface area contributed by atoms with Crippen molar-refractivity contribution in [1.82, 2.24) is 0 Å². The van der Waals surface area contributed by atoms with Gasteiger partial charge in [-0.3, -0.25) is 0 Å². The van der Waals surface area contributed by atoms with Crippen molar-refractivity contribution in [2.45, 2.75) is 13.5 Å². The fourth-order valence-electron chi connectivity index (χ4n) is 1.60. The Bertz CT molecular complexity index is 562. The van der Waals surface area contributed by atoms with Crippen LogP contribution in [-0.2, 0) is 6.61 Å². The standard InChI is InChI=1S/C15H14BrNO2/c1-11(17-18)13-4-8-15(9-5-13)19-10-12-2-6-14(16)7-3-12/h2-9,18H,10H2,1H3/b17-11+. The highest BCUT2D eigenvalue weighted by molar-refractivity contribution is 9.10. The maximum atomic E-state index is 8.68. The molecule has 0 aliphatic rings. The van der Waals surface area contributed by atoms with Gasteiger partial charge in [0.1, 0.15) is 12.4 Å². The molecule has 0 aliphatic heterocycles. The van der Waals surface area contributed by atoms with Crippen LogP contribution >= 0.6 is 15.9 Å². The topological polar surface area (TPSA) is 41.8 Å². The summed E-state index contributed by atoms with van der Waals surface area (Å²) in [7, 11) is 0. The molecule has 0 atom stereocenters. The molecule has 0 radical (unpaired) electrons. The van der Waals surface area contributed by atoms with Crippen LogP contribution in [0.3, 0.4) is 0 Å². The maximum Gasteiger partial charge on any atom is 0.119 e. The summed E-state index contributed by atoms with van der Waals surface area (Å²) in [5.41, 5.74) is 2.57. The summed E-state index contributed by atoms with van der Waals surface area (Å²) in [4.78, 5) is 0. The fraction of sp³-hybridized carbons (Fsp3) is 0.133. The van der Waals surface area contributed by atoms with Crippen LogP contribution in [0.15, 0.2) is 58.2 Å². The Morgan fingerprint density at radius 3 is 2.32 bits per heavy atom. The summed E-state index contributed by atoms with van der Waals surface area (Å²) in [6.07, 6.45) is 0. The van der Waals surface area contributed by atoms with E-state index in [9.17, 15) is 0 Å². The normalized spacial score (nSPS) is 11.4. The molecule has 1 N–H and O–H groups in total. The van der Waals surface area contributed by atoms with E-state index < -0.39 is 0 Å². The van der Waals surface area contributed by atoms with Crippen molar-refractivity contribution >= 4 is 21.6 Å². The minimum atomic E-state index is 0.527. The molecular formula is C15H14BrNO2. The molecule has 2 aromatic rings. The predicted molar refractivity (Wildman–Crippen MR) is 78.9 cm³/mol. The van der Waals surface area contributed by atoms with Gasteiger partial charge in [0, 0.05) is 4.47 Å². The van der Waals surface area contributed by atoms with Gasteiger partial charge < -0.3 is 9.94 Å². The number of rotatable bonds is 4. The highest BCUT2D eigenvalue weighted by Gasteiger charge is 2.00. The number of hydrogen-bond donors (Lipinski definition) is 1. The Labute approximate surface area is 120 Å². The lowest BCUT2D eigenvalue weighted by Crippen LogP contribution is -1.97. The van der Waals surface area contributed by atoms with Gasteiger partial charge in [-0.1, -0.05) is 33.2 Å². The summed E-state index contributed by atoms with van der Waals surface area (Å²) in [6, 6.07) is 15.5. The second-order valence-electron chi connectivity index (χ2n) is 4.12. The Hall–Kier alpha value is -1.81. The van der Waals surface area contributed by atoms with E-state index in [2.05, 4.69) is 21.1 Å². The third kappa shape index (κ3) is 3.83. The molecule has 0 saturated carbocycles. The van der Waals surface area contributed by atoms with Gasteiger partial charge in [-0.25, -0.2) is 0 Å². The first-order valence-electron chi connectivity index (χ1n) is 5.85. The van der Waals surface area contributed by atoms with E-state index in [1.165, 1.54) is 0 Å². The van der Waals surface area contributed by atoms with E-state index in [0.717, 1.165) is 21.3 Å². The molecule has 0 bridgehead atoms. The quantitative estimate of drug-likeness (QED) is 0.520. The third-order valence-corrected chi connectivity index (χ3v) is 3.27.